The van der Waals surface area contributed by atoms with Gasteiger partial charge in [0.15, 0.2) is 5.76 Å². The van der Waals surface area contributed by atoms with Crippen molar-refractivity contribution in [1.29, 1.82) is 0 Å². The molecule has 1 saturated heterocycles. The Balaban J connectivity index is 1.71. The number of carbonyl (C=O) groups excluding carboxylic acids is 1. The minimum absolute atomic E-state index is 0.0899. The Bertz CT molecular complexity index is 411. The van der Waals surface area contributed by atoms with Gasteiger partial charge in [-0.3, -0.25) is 4.79 Å². The predicted molar refractivity (Wildman–Crippen MR) is 72.5 cm³/mol. The highest BCUT2D eigenvalue weighted by molar-refractivity contribution is 5.76. The fraction of sp³-hybridized carbons (Fsp3) is 0.714. The monoisotopic (exact) mass is 265 g/mol. The average Bonchev–Trinajstić information content (AvgIpc) is 2.83. The van der Waals surface area contributed by atoms with Crippen molar-refractivity contribution in [2.24, 2.45) is 11.8 Å². The zero-order chi connectivity index (χ0) is 13.7. The van der Waals surface area contributed by atoms with Crippen molar-refractivity contribution in [2.75, 3.05) is 13.1 Å². The molecule has 0 aliphatic carbocycles. The largest absolute Gasteiger partial charge is 0.359 e. The van der Waals surface area contributed by atoms with E-state index < -0.39 is 0 Å². The molecule has 0 radical (unpaired) electrons. The lowest BCUT2D eigenvalue weighted by Gasteiger charge is -2.27. The summed E-state index contributed by atoms with van der Waals surface area (Å²) in [7, 11) is 0. The van der Waals surface area contributed by atoms with Crippen LogP contribution in [0.1, 0.15) is 37.6 Å². The number of hydrogen-bond acceptors (Lipinski definition) is 4. The Hall–Kier alpha value is -1.36. The second kappa shape index (κ2) is 6.70. The molecule has 0 bridgehead atoms. The van der Waals surface area contributed by atoms with Gasteiger partial charge in [-0.1, -0.05) is 12.1 Å². The maximum atomic E-state index is 11.9. The SMILES string of the molecule is Cc1cc(CNC(=O)CC(C)C2CCCNC2)on1. The molecule has 5 nitrogen and oxygen atoms in total. The molecule has 0 aromatic carbocycles. The van der Waals surface area contributed by atoms with E-state index in [1.807, 2.05) is 13.0 Å². The zero-order valence-electron chi connectivity index (χ0n) is 11.7. The van der Waals surface area contributed by atoms with Gasteiger partial charge in [0.05, 0.1) is 12.2 Å². The van der Waals surface area contributed by atoms with Crippen LogP contribution in [0.2, 0.25) is 0 Å². The van der Waals surface area contributed by atoms with Crippen molar-refractivity contribution in [1.82, 2.24) is 15.8 Å². The van der Waals surface area contributed by atoms with Crippen molar-refractivity contribution in [3.8, 4) is 0 Å². The zero-order valence-corrected chi connectivity index (χ0v) is 11.7. The third-order valence-corrected chi connectivity index (χ3v) is 3.78. The van der Waals surface area contributed by atoms with Gasteiger partial charge in [-0.2, -0.15) is 0 Å². The normalized spacial score (nSPS) is 21.1. The second-order valence-corrected chi connectivity index (χ2v) is 5.50. The Kier molecular flexibility index (Phi) is 4.96. The first kappa shape index (κ1) is 14.1. The van der Waals surface area contributed by atoms with Crippen LogP contribution < -0.4 is 10.6 Å². The second-order valence-electron chi connectivity index (χ2n) is 5.50. The number of nitrogens with one attached hydrogen (secondary N) is 2. The Morgan fingerprint density at radius 3 is 3.16 bits per heavy atom. The van der Waals surface area contributed by atoms with Crippen LogP contribution >= 0.6 is 0 Å². The fourth-order valence-electron chi connectivity index (χ4n) is 2.58. The Morgan fingerprint density at radius 2 is 2.53 bits per heavy atom. The number of hydrogen-bond donors (Lipinski definition) is 2. The lowest BCUT2D eigenvalue weighted by atomic mass is 9.85. The number of aromatic nitrogens is 1. The number of piperidine rings is 1. The molecule has 2 atom stereocenters. The third kappa shape index (κ3) is 4.35. The smallest absolute Gasteiger partial charge is 0.220 e. The van der Waals surface area contributed by atoms with Crippen LogP contribution in [0.25, 0.3) is 0 Å². The predicted octanol–water partition coefficient (Wildman–Crippen LogP) is 1.63. The molecule has 1 aliphatic heterocycles. The summed E-state index contributed by atoms with van der Waals surface area (Å²) >= 11 is 0. The van der Waals surface area contributed by atoms with E-state index in [1.165, 1.54) is 12.8 Å². The van der Waals surface area contributed by atoms with Crippen molar-refractivity contribution in [3.05, 3.63) is 17.5 Å². The fourth-order valence-corrected chi connectivity index (χ4v) is 2.58. The number of amides is 1. The van der Waals surface area contributed by atoms with E-state index in [-0.39, 0.29) is 5.91 Å². The molecule has 1 amide bonds. The molecule has 0 saturated carbocycles. The number of rotatable bonds is 5. The number of nitrogens with zero attached hydrogens (tertiary/aromatic N) is 1. The lowest BCUT2D eigenvalue weighted by Crippen LogP contribution is -2.35. The molecule has 2 heterocycles. The van der Waals surface area contributed by atoms with Crippen LogP contribution in [0, 0.1) is 18.8 Å². The lowest BCUT2D eigenvalue weighted by molar-refractivity contribution is -0.122. The van der Waals surface area contributed by atoms with Gasteiger partial charge >= 0.3 is 0 Å². The van der Waals surface area contributed by atoms with Crippen LogP contribution in [0.15, 0.2) is 10.6 Å². The van der Waals surface area contributed by atoms with Crippen LogP contribution in [0.4, 0.5) is 0 Å². The highest BCUT2D eigenvalue weighted by Crippen LogP contribution is 2.22. The van der Waals surface area contributed by atoms with E-state index >= 15 is 0 Å². The summed E-state index contributed by atoms with van der Waals surface area (Å²) in [6.07, 6.45) is 3.02. The third-order valence-electron chi connectivity index (χ3n) is 3.78. The number of carbonyl (C=O) groups is 1. The van der Waals surface area contributed by atoms with E-state index in [4.69, 9.17) is 4.52 Å². The minimum Gasteiger partial charge on any atom is -0.359 e. The van der Waals surface area contributed by atoms with Crippen LogP contribution in [-0.2, 0) is 11.3 Å². The summed E-state index contributed by atoms with van der Waals surface area (Å²) in [5.41, 5.74) is 0.839. The molecule has 0 spiro atoms. The van der Waals surface area contributed by atoms with Gasteiger partial charge in [-0.05, 0) is 44.7 Å². The highest BCUT2D eigenvalue weighted by Gasteiger charge is 2.21. The highest BCUT2D eigenvalue weighted by atomic mass is 16.5. The summed E-state index contributed by atoms with van der Waals surface area (Å²) < 4.78 is 5.06. The van der Waals surface area contributed by atoms with E-state index in [0.29, 0.717) is 30.6 Å². The molecule has 1 aromatic rings. The molecule has 1 fully saturated rings. The van der Waals surface area contributed by atoms with Crippen LogP contribution in [0.3, 0.4) is 0 Å². The van der Waals surface area contributed by atoms with Gasteiger partial charge in [0.25, 0.3) is 0 Å². The molecule has 5 heteroatoms. The molecule has 2 rings (SSSR count). The van der Waals surface area contributed by atoms with Crippen molar-refractivity contribution in [2.45, 2.75) is 39.7 Å². The van der Waals surface area contributed by atoms with Gasteiger partial charge in [0.1, 0.15) is 0 Å². The molecular weight excluding hydrogens is 242 g/mol. The molecule has 1 aromatic heterocycles. The van der Waals surface area contributed by atoms with Gasteiger partial charge in [0, 0.05) is 12.5 Å². The summed E-state index contributed by atoms with van der Waals surface area (Å²) in [6.45, 7) is 6.61. The van der Waals surface area contributed by atoms with Gasteiger partial charge in [-0.15, -0.1) is 0 Å². The topological polar surface area (TPSA) is 67.2 Å². The molecule has 106 valence electrons. The molecule has 1 aliphatic rings. The first-order valence-corrected chi connectivity index (χ1v) is 7.04. The first-order valence-electron chi connectivity index (χ1n) is 7.04. The van der Waals surface area contributed by atoms with E-state index in [1.54, 1.807) is 0 Å². The molecule has 2 N–H and O–H groups in total. The maximum absolute atomic E-state index is 11.9. The summed E-state index contributed by atoms with van der Waals surface area (Å²) in [5, 5.41) is 10.1. The van der Waals surface area contributed by atoms with Gasteiger partial charge in [0.2, 0.25) is 5.91 Å². The van der Waals surface area contributed by atoms with Crippen molar-refractivity contribution >= 4 is 5.91 Å². The molecule has 2 unspecified atom stereocenters. The van der Waals surface area contributed by atoms with E-state index in [2.05, 4.69) is 22.7 Å². The quantitative estimate of drug-likeness (QED) is 0.849. The van der Waals surface area contributed by atoms with Crippen molar-refractivity contribution in [3.63, 3.8) is 0 Å². The number of aryl methyl sites for hydroxylation is 1. The Morgan fingerprint density at radius 1 is 1.68 bits per heavy atom. The maximum Gasteiger partial charge on any atom is 0.220 e. The first-order chi connectivity index (χ1) is 9.15. The average molecular weight is 265 g/mol. The summed E-state index contributed by atoms with van der Waals surface area (Å²) in [6, 6.07) is 1.84. The summed E-state index contributed by atoms with van der Waals surface area (Å²) in [4.78, 5) is 11.9. The van der Waals surface area contributed by atoms with E-state index in [9.17, 15) is 4.79 Å². The summed E-state index contributed by atoms with van der Waals surface area (Å²) in [5.74, 6) is 1.83. The van der Waals surface area contributed by atoms with Crippen LogP contribution in [-0.4, -0.2) is 24.2 Å². The van der Waals surface area contributed by atoms with Gasteiger partial charge < -0.3 is 15.2 Å². The minimum atomic E-state index is 0.0899. The standard InChI is InChI=1S/C14H23N3O2/c1-10(12-4-3-5-15-8-12)6-14(18)16-9-13-7-11(2)17-19-13/h7,10,12,15H,3-6,8-9H2,1-2H3,(H,16,18). The molecular formula is C14H23N3O2. The Labute approximate surface area is 114 Å². The van der Waals surface area contributed by atoms with Crippen LogP contribution in [0.5, 0.6) is 0 Å². The van der Waals surface area contributed by atoms with Gasteiger partial charge in [-0.25, -0.2) is 0 Å². The van der Waals surface area contributed by atoms with E-state index in [0.717, 1.165) is 18.8 Å². The van der Waals surface area contributed by atoms with Crippen molar-refractivity contribution < 1.29 is 9.32 Å². The molecule has 19 heavy (non-hydrogen) atoms.